The van der Waals surface area contributed by atoms with E-state index < -0.39 is 15.9 Å². The zero-order valence-electron chi connectivity index (χ0n) is 15.4. The van der Waals surface area contributed by atoms with Crippen molar-refractivity contribution in [1.29, 1.82) is 0 Å². The zero-order chi connectivity index (χ0) is 19.1. The number of benzene rings is 1. The maximum atomic E-state index is 12.9. The molecule has 2 heterocycles. The second-order valence-electron chi connectivity index (χ2n) is 7.20. The van der Waals surface area contributed by atoms with E-state index in [1.807, 2.05) is 38.1 Å². The zero-order valence-corrected chi connectivity index (χ0v) is 16.3. The van der Waals surface area contributed by atoms with Crippen LogP contribution in [-0.2, 0) is 14.6 Å². The average Bonchev–Trinajstić information content (AvgIpc) is 3.05. The van der Waals surface area contributed by atoms with Crippen molar-refractivity contribution in [3.8, 4) is 0 Å². The number of quaternary nitrogens is 1. The van der Waals surface area contributed by atoms with Gasteiger partial charge >= 0.3 is 6.03 Å². The van der Waals surface area contributed by atoms with E-state index >= 15 is 0 Å². The maximum Gasteiger partial charge on any atom is 0.336 e. The molecule has 2 fully saturated rings. The summed E-state index contributed by atoms with van der Waals surface area (Å²) in [5.74, 6) is 0.0841. The first-order chi connectivity index (χ1) is 12.2. The van der Waals surface area contributed by atoms with Gasteiger partial charge < -0.3 is 4.90 Å². The van der Waals surface area contributed by atoms with Gasteiger partial charge in [-0.25, -0.2) is 18.1 Å². The highest BCUT2D eigenvalue weighted by Gasteiger charge is 2.46. The van der Waals surface area contributed by atoms with Gasteiger partial charge in [0, 0.05) is 12.1 Å². The Morgan fingerprint density at radius 2 is 1.85 bits per heavy atom. The molecule has 1 aromatic carbocycles. The number of amides is 3. The van der Waals surface area contributed by atoms with E-state index in [1.54, 1.807) is 6.92 Å². The lowest BCUT2D eigenvalue weighted by atomic mass is 10.2. The van der Waals surface area contributed by atoms with Gasteiger partial charge in [-0.15, -0.1) is 0 Å². The van der Waals surface area contributed by atoms with Crippen molar-refractivity contribution in [3.63, 3.8) is 0 Å². The van der Waals surface area contributed by atoms with E-state index in [4.69, 9.17) is 0 Å². The monoisotopic (exact) mass is 380 g/mol. The first-order valence-electron chi connectivity index (χ1n) is 8.99. The first kappa shape index (κ1) is 18.8. The molecule has 0 spiro atoms. The lowest BCUT2D eigenvalue weighted by Gasteiger charge is -2.27. The van der Waals surface area contributed by atoms with Gasteiger partial charge in [-0.1, -0.05) is 17.7 Å². The van der Waals surface area contributed by atoms with E-state index in [-0.39, 0.29) is 36.2 Å². The molecule has 2 aliphatic heterocycles. The number of sulfone groups is 1. The second kappa shape index (κ2) is 7.00. The van der Waals surface area contributed by atoms with Crippen LogP contribution in [-0.4, -0.2) is 62.1 Å². The van der Waals surface area contributed by atoms with Crippen LogP contribution in [0.5, 0.6) is 0 Å². The third-order valence-electron chi connectivity index (χ3n) is 5.38. The van der Waals surface area contributed by atoms with Crippen LogP contribution in [0, 0.1) is 6.92 Å². The van der Waals surface area contributed by atoms with Crippen LogP contribution in [0.15, 0.2) is 24.3 Å². The molecule has 1 unspecified atom stereocenters. The van der Waals surface area contributed by atoms with Crippen molar-refractivity contribution in [2.45, 2.75) is 39.3 Å². The van der Waals surface area contributed by atoms with Crippen molar-refractivity contribution in [2.24, 2.45) is 0 Å². The number of carbonyl (C=O) groups excluding carboxylic acids is 2. The van der Waals surface area contributed by atoms with Gasteiger partial charge in [0.15, 0.2) is 16.5 Å². The number of rotatable bonds is 5. The van der Waals surface area contributed by atoms with E-state index in [0.717, 1.165) is 10.5 Å². The predicted octanol–water partition coefficient (Wildman–Crippen LogP) is 0.202. The number of imide groups is 1. The number of carbonyl (C=O) groups is 2. The summed E-state index contributed by atoms with van der Waals surface area (Å²) in [4.78, 5) is 29.3. The molecule has 1 N–H and O–H groups in total. The number of hydrogen-bond acceptors (Lipinski definition) is 4. The largest absolute Gasteiger partial charge is 0.336 e. The highest BCUT2D eigenvalue weighted by atomic mass is 32.2. The van der Waals surface area contributed by atoms with Crippen molar-refractivity contribution in [2.75, 3.05) is 29.6 Å². The lowest BCUT2D eigenvalue weighted by Crippen LogP contribution is -3.17. The molecule has 3 amide bonds. The fourth-order valence-electron chi connectivity index (χ4n) is 3.76. The van der Waals surface area contributed by atoms with Crippen LogP contribution in [0.1, 0.15) is 25.8 Å². The van der Waals surface area contributed by atoms with Gasteiger partial charge in [0.25, 0.3) is 5.91 Å². The van der Waals surface area contributed by atoms with Crippen LogP contribution in [0.4, 0.5) is 10.5 Å². The quantitative estimate of drug-likeness (QED) is 0.741. The molecule has 0 saturated carbocycles. The average molecular weight is 380 g/mol. The lowest BCUT2D eigenvalue weighted by molar-refractivity contribution is -0.927. The van der Waals surface area contributed by atoms with Crippen LogP contribution in [0.2, 0.25) is 0 Å². The Labute approximate surface area is 154 Å². The summed E-state index contributed by atoms with van der Waals surface area (Å²) in [5.41, 5.74) is 1.78. The van der Waals surface area contributed by atoms with Gasteiger partial charge in [0.1, 0.15) is 17.8 Å². The highest BCUT2D eigenvalue weighted by molar-refractivity contribution is 7.91. The van der Waals surface area contributed by atoms with E-state index in [1.165, 1.54) is 9.80 Å². The summed E-state index contributed by atoms with van der Waals surface area (Å²) in [5, 5.41) is 0. The molecule has 0 radical (unpaired) electrons. The third kappa shape index (κ3) is 3.48. The number of nitrogens with zero attached hydrogens (tertiary/aromatic N) is 2. The maximum absolute atomic E-state index is 12.9. The summed E-state index contributed by atoms with van der Waals surface area (Å²) in [7, 11) is -3.00. The van der Waals surface area contributed by atoms with Gasteiger partial charge in [-0.3, -0.25) is 9.69 Å². The first-order valence-corrected chi connectivity index (χ1v) is 10.8. The SMILES string of the molecule is CC[NH+](CN1C(=O)[C@H](C)N(c2ccc(C)cc2)C1=O)[C@@H]1CCS(=O)(=O)C1. The number of anilines is 1. The fraction of sp³-hybridized carbons (Fsp3) is 0.556. The number of urea groups is 1. The second-order valence-corrected chi connectivity index (χ2v) is 9.43. The standard InChI is InChI=1S/C18H25N3O4S/c1-4-19(16-9-10-26(24,25)11-16)12-20-17(22)14(3)21(18(20)23)15-7-5-13(2)6-8-15/h5-8,14,16H,4,9-12H2,1-3H3/p+1/t14-,16+/m0/s1. The Morgan fingerprint density at radius 1 is 1.19 bits per heavy atom. The normalized spacial score (nSPS) is 26.6. The summed E-state index contributed by atoms with van der Waals surface area (Å²) < 4.78 is 23.5. The Morgan fingerprint density at radius 3 is 2.38 bits per heavy atom. The molecule has 3 rings (SSSR count). The van der Waals surface area contributed by atoms with Crippen molar-refractivity contribution >= 4 is 27.5 Å². The van der Waals surface area contributed by atoms with Crippen LogP contribution in [0.3, 0.4) is 0 Å². The van der Waals surface area contributed by atoms with Crippen LogP contribution >= 0.6 is 0 Å². The Hall–Kier alpha value is -1.93. The Kier molecular flexibility index (Phi) is 5.07. The molecule has 0 bridgehead atoms. The molecule has 2 saturated heterocycles. The summed E-state index contributed by atoms with van der Waals surface area (Å²) >= 11 is 0. The van der Waals surface area contributed by atoms with Crippen LogP contribution in [0.25, 0.3) is 0 Å². The molecule has 7 nitrogen and oxygen atoms in total. The molecule has 26 heavy (non-hydrogen) atoms. The van der Waals surface area contributed by atoms with Crippen molar-refractivity contribution in [1.82, 2.24) is 4.90 Å². The van der Waals surface area contributed by atoms with E-state index in [0.29, 0.717) is 18.7 Å². The highest BCUT2D eigenvalue weighted by Crippen LogP contribution is 2.25. The molecule has 142 valence electrons. The molecular formula is C18H26N3O4S+. The molecule has 3 atom stereocenters. The molecule has 0 aliphatic carbocycles. The summed E-state index contributed by atoms with van der Waals surface area (Å²) in [6.45, 7) is 6.52. The minimum Gasteiger partial charge on any atom is -0.314 e. The van der Waals surface area contributed by atoms with Gasteiger partial charge in [-0.05, 0) is 32.9 Å². The molecular weight excluding hydrogens is 354 g/mol. The third-order valence-corrected chi connectivity index (χ3v) is 7.15. The minimum atomic E-state index is -3.00. The smallest absolute Gasteiger partial charge is 0.314 e. The number of hydrogen-bond donors (Lipinski definition) is 1. The van der Waals surface area contributed by atoms with Gasteiger partial charge in [0.2, 0.25) is 0 Å². The summed E-state index contributed by atoms with van der Waals surface area (Å²) in [6.07, 6.45) is 0.582. The number of aryl methyl sites for hydroxylation is 1. The topological polar surface area (TPSA) is 79.2 Å². The molecule has 1 aromatic rings. The summed E-state index contributed by atoms with van der Waals surface area (Å²) in [6, 6.07) is 6.55. The van der Waals surface area contributed by atoms with Crippen molar-refractivity contribution in [3.05, 3.63) is 29.8 Å². The molecule has 2 aliphatic rings. The molecule has 0 aromatic heterocycles. The van der Waals surface area contributed by atoms with Gasteiger partial charge in [0.05, 0.1) is 12.3 Å². The molecule has 8 heteroatoms. The van der Waals surface area contributed by atoms with Crippen molar-refractivity contribution < 1.29 is 22.9 Å². The predicted molar refractivity (Wildman–Crippen MR) is 98.8 cm³/mol. The fourth-order valence-corrected chi connectivity index (χ4v) is 5.59. The Balaban J connectivity index is 1.78. The number of nitrogens with one attached hydrogen (secondary N) is 1. The van der Waals surface area contributed by atoms with E-state index in [2.05, 4.69) is 0 Å². The Bertz CT molecular complexity index is 806. The minimum absolute atomic E-state index is 0.0608. The van der Waals surface area contributed by atoms with E-state index in [9.17, 15) is 18.0 Å². The van der Waals surface area contributed by atoms with Crippen LogP contribution < -0.4 is 9.80 Å². The van der Waals surface area contributed by atoms with Gasteiger partial charge in [-0.2, -0.15) is 0 Å².